The second-order valence-electron chi connectivity index (χ2n) is 5.30. The zero-order valence-corrected chi connectivity index (χ0v) is 14.4. The van der Waals surface area contributed by atoms with Crippen molar-refractivity contribution in [3.8, 4) is 5.75 Å². The molecule has 2 aromatic rings. The molecule has 0 unspecified atom stereocenters. The second kappa shape index (κ2) is 10.4. The predicted molar refractivity (Wildman–Crippen MR) is 100 cm³/mol. The molecular formula is C19H22N2O2S. The van der Waals surface area contributed by atoms with Crippen LogP contribution in [-0.2, 0) is 11.2 Å². The molecule has 2 rings (SSSR count). The molecule has 0 saturated heterocycles. The number of amides is 1. The van der Waals surface area contributed by atoms with Crippen LogP contribution in [0.4, 0.5) is 0 Å². The van der Waals surface area contributed by atoms with E-state index < -0.39 is 0 Å². The minimum atomic E-state index is -0.0936. The Hall–Kier alpha value is -2.40. The van der Waals surface area contributed by atoms with Gasteiger partial charge in [-0.3, -0.25) is 4.79 Å². The number of rotatable bonds is 8. The van der Waals surface area contributed by atoms with Gasteiger partial charge in [-0.25, -0.2) is 0 Å². The van der Waals surface area contributed by atoms with Crippen LogP contribution in [0.3, 0.4) is 0 Å². The third-order valence-corrected chi connectivity index (χ3v) is 3.60. The van der Waals surface area contributed by atoms with Gasteiger partial charge in [0.1, 0.15) is 5.75 Å². The first kappa shape index (κ1) is 17.9. The number of benzene rings is 2. The standard InChI is InChI=1S/C19H22N2O2S/c22-18(12-7-15-23-17-10-5-2-6-11-17)21-19(24)20-14-13-16-8-3-1-4-9-16/h1-6,8-11H,7,12-15H2,(H2,20,21,22,24). The SMILES string of the molecule is O=C(CCCOc1ccccc1)NC(=S)NCCc1ccccc1. The molecule has 0 heterocycles. The van der Waals surface area contributed by atoms with Gasteiger partial charge in [-0.15, -0.1) is 0 Å². The summed E-state index contributed by atoms with van der Waals surface area (Å²) in [5.41, 5.74) is 1.23. The number of hydrogen-bond acceptors (Lipinski definition) is 3. The Morgan fingerprint density at radius 1 is 1.00 bits per heavy atom. The Morgan fingerprint density at radius 3 is 2.38 bits per heavy atom. The minimum absolute atomic E-state index is 0.0936. The number of nitrogens with one attached hydrogen (secondary N) is 2. The Labute approximate surface area is 148 Å². The van der Waals surface area contributed by atoms with Gasteiger partial charge < -0.3 is 15.4 Å². The van der Waals surface area contributed by atoms with E-state index in [1.807, 2.05) is 48.5 Å². The third-order valence-electron chi connectivity index (χ3n) is 3.36. The lowest BCUT2D eigenvalue weighted by atomic mass is 10.1. The van der Waals surface area contributed by atoms with Gasteiger partial charge in [0.25, 0.3) is 0 Å². The van der Waals surface area contributed by atoms with Crippen LogP contribution in [0.25, 0.3) is 0 Å². The maximum absolute atomic E-state index is 11.8. The van der Waals surface area contributed by atoms with Crippen LogP contribution < -0.4 is 15.4 Å². The number of para-hydroxylation sites is 1. The normalized spacial score (nSPS) is 10.0. The molecule has 5 heteroatoms. The highest BCUT2D eigenvalue weighted by Gasteiger charge is 2.04. The fraction of sp³-hybridized carbons (Fsp3) is 0.263. The predicted octanol–water partition coefficient (Wildman–Crippen LogP) is 3.08. The van der Waals surface area contributed by atoms with Gasteiger partial charge in [0.2, 0.25) is 5.91 Å². The number of carbonyl (C=O) groups excluding carboxylic acids is 1. The number of ether oxygens (including phenoxy) is 1. The van der Waals surface area contributed by atoms with E-state index in [9.17, 15) is 4.79 Å². The molecule has 2 aromatic carbocycles. The van der Waals surface area contributed by atoms with E-state index in [0.717, 1.165) is 12.2 Å². The number of carbonyl (C=O) groups is 1. The molecule has 0 bridgehead atoms. The lowest BCUT2D eigenvalue weighted by molar-refractivity contribution is -0.119. The highest BCUT2D eigenvalue weighted by molar-refractivity contribution is 7.80. The Kier molecular flexibility index (Phi) is 7.77. The first-order valence-electron chi connectivity index (χ1n) is 8.03. The summed E-state index contributed by atoms with van der Waals surface area (Å²) in [6.45, 7) is 1.20. The van der Waals surface area contributed by atoms with Crippen LogP contribution in [0, 0.1) is 0 Å². The average molecular weight is 342 g/mol. The van der Waals surface area contributed by atoms with Gasteiger partial charge in [-0.1, -0.05) is 48.5 Å². The van der Waals surface area contributed by atoms with E-state index in [2.05, 4.69) is 22.8 Å². The van der Waals surface area contributed by atoms with Crippen molar-refractivity contribution in [2.75, 3.05) is 13.2 Å². The van der Waals surface area contributed by atoms with Gasteiger partial charge in [0.15, 0.2) is 5.11 Å². The lowest BCUT2D eigenvalue weighted by Gasteiger charge is -2.10. The highest BCUT2D eigenvalue weighted by Crippen LogP contribution is 2.08. The molecule has 0 saturated carbocycles. The zero-order chi connectivity index (χ0) is 17.0. The molecule has 0 radical (unpaired) electrons. The molecule has 2 N–H and O–H groups in total. The van der Waals surface area contributed by atoms with E-state index in [1.165, 1.54) is 5.56 Å². The molecule has 0 aliphatic heterocycles. The van der Waals surface area contributed by atoms with Crippen LogP contribution in [-0.4, -0.2) is 24.2 Å². The fourth-order valence-corrected chi connectivity index (χ4v) is 2.35. The monoisotopic (exact) mass is 342 g/mol. The summed E-state index contributed by atoms with van der Waals surface area (Å²) in [5.74, 6) is 0.722. The smallest absolute Gasteiger partial charge is 0.226 e. The van der Waals surface area contributed by atoms with Crippen molar-refractivity contribution < 1.29 is 9.53 Å². The van der Waals surface area contributed by atoms with Crippen LogP contribution >= 0.6 is 12.2 Å². The van der Waals surface area contributed by atoms with Crippen LogP contribution in [0.1, 0.15) is 18.4 Å². The van der Waals surface area contributed by atoms with Crippen LogP contribution in [0.15, 0.2) is 60.7 Å². The molecule has 0 aliphatic carbocycles. The third kappa shape index (κ3) is 7.24. The summed E-state index contributed by atoms with van der Waals surface area (Å²) >= 11 is 5.13. The van der Waals surface area contributed by atoms with Crippen molar-refractivity contribution in [3.05, 3.63) is 66.2 Å². The molecule has 0 spiro atoms. The highest BCUT2D eigenvalue weighted by atomic mass is 32.1. The second-order valence-corrected chi connectivity index (χ2v) is 5.71. The molecule has 0 aliphatic rings. The zero-order valence-electron chi connectivity index (χ0n) is 13.5. The van der Waals surface area contributed by atoms with Crippen LogP contribution in [0.5, 0.6) is 5.75 Å². The summed E-state index contributed by atoms with van der Waals surface area (Å²) < 4.78 is 5.55. The molecule has 0 atom stereocenters. The fourth-order valence-electron chi connectivity index (χ4n) is 2.14. The van der Waals surface area contributed by atoms with Gasteiger partial charge in [0, 0.05) is 13.0 Å². The Balaban J connectivity index is 1.54. The van der Waals surface area contributed by atoms with E-state index in [4.69, 9.17) is 17.0 Å². The molecule has 1 amide bonds. The van der Waals surface area contributed by atoms with Crippen molar-refractivity contribution >= 4 is 23.2 Å². The van der Waals surface area contributed by atoms with Crippen molar-refractivity contribution in [3.63, 3.8) is 0 Å². The topological polar surface area (TPSA) is 50.4 Å². The van der Waals surface area contributed by atoms with Gasteiger partial charge in [-0.2, -0.15) is 0 Å². The van der Waals surface area contributed by atoms with Crippen molar-refractivity contribution in [1.29, 1.82) is 0 Å². The quantitative estimate of drug-likeness (QED) is 0.572. The maximum atomic E-state index is 11.8. The van der Waals surface area contributed by atoms with Crippen molar-refractivity contribution in [2.45, 2.75) is 19.3 Å². The van der Waals surface area contributed by atoms with E-state index >= 15 is 0 Å². The Bertz CT molecular complexity index is 632. The van der Waals surface area contributed by atoms with Crippen molar-refractivity contribution in [1.82, 2.24) is 10.6 Å². The summed E-state index contributed by atoms with van der Waals surface area (Å²) in [4.78, 5) is 11.8. The largest absolute Gasteiger partial charge is 0.494 e. The molecule has 0 aromatic heterocycles. The lowest BCUT2D eigenvalue weighted by Crippen LogP contribution is -2.40. The first-order valence-corrected chi connectivity index (χ1v) is 8.44. The van der Waals surface area contributed by atoms with E-state index in [-0.39, 0.29) is 5.91 Å². The summed E-state index contributed by atoms with van der Waals surface area (Å²) in [5, 5.41) is 6.11. The summed E-state index contributed by atoms with van der Waals surface area (Å²) in [6, 6.07) is 19.7. The average Bonchev–Trinajstić information content (AvgIpc) is 2.60. The molecule has 4 nitrogen and oxygen atoms in total. The Morgan fingerprint density at radius 2 is 1.67 bits per heavy atom. The minimum Gasteiger partial charge on any atom is -0.494 e. The first-order chi connectivity index (χ1) is 11.7. The molecule has 0 fully saturated rings. The molecular weight excluding hydrogens is 320 g/mol. The maximum Gasteiger partial charge on any atom is 0.226 e. The molecule has 126 valence electrons. The summed E-state index contributed by atoms with van der Waals surface area (Å²) in [6.07, 6.45) is 1.89. The van der Waals surface area contributed by atoms with Gasteiger partial charge in [-0.05, 0) is 42.8 Å². The number of thiocarbonyl (C=S) groups is 1. The molecule has 24 heavy (non-hydrogen) atoms. The summed E-state index contributed by atoms with van der Waals surface area (Å²) in [7, 11) is 0. The number of hydrogen-bond donors (Lipinski definition) is 2. The van der Waals surface area contributed by atoms with E-state index in [0.29, 0.717) is 31.1 Å². The van der Waals surface area contributed by atoms with Gasteiger partial charge >= 0.3 is 0 Å². The van der Waals surface area contributed by atoms with E-state index in [1.54, 1.807) is 0 Å². The van der Waals surface area contributed by atoms with Gasteiger partial charge in [0.05, 0.1) is 6.61 Å². The van der Waals surface area contributed by atoms with Crippen LogP contribution in [0.2, 0.25) is 0 Å². The van der Waals surface area contributed by atoms with Crippen molar-refractivity contribution in [2.24, 2.45) is 0 Å².